The molecule has 0 aliphatic heterocycles. The summed E-state index contributed by atoms with van der Waals surface area (Å²) in [5.74, 6) is 0.132. The van der Waals surface area contributed by atoms with Gasteiger partial charge in [0.15, 0.2) is 0 Å². The van der Waals surface area contributed by atoms with Gasteiger partial charge in [-0.1, -0.05) is 39.0 Å². The second-order valence-corrected chi connectivity index (χ2v) is 6.72. The number of unbranched alkanes of at least 4 members (excludes halogenated alkanes) is 1. The lowest BCUT2D eigenvalue weighted by Crippen LogP contribution is -2.47. The first-order valence-corrected chi connectivity index (χ1v) is 8.12. The van der Waals surface area contributed by atoms with E-state index in [1.807, 2.05) is 6.92 Å². The number of nitriles is 1. The van der Waals surface area contributed by atoms with Gasteiger partial charge in [-0.15, -0.1) is 0 Å². The van der Waals surface area contributed by atoms with Gasteiger partial charge in [0, 0.05) is 0 Å². The van der Waals surface area contributed by atoms with E-state index in [0.717, 1.165) is 32.1 Å². The van der Waals surface area contributed by atoms with Gasteiger partial charge in [-0.2, -0.15) is 9.98 Å². The van der Waals surface area contributed by atoms with E-state index in [1.165, 1.54) is 0 Å². The minimum absolute atomic E-state index is 0.132. The van der Waals surface area contributed by atoms with Crippen LogP contribution in [0.4, 0.5) is 0 Å². The molecule has 5 heteroatoms. The molecule has 0 aromatic rings. The molecule has 0 bridgehead atoms. The lowest BCUT2D eigenvalue weighted by molar-refractivity contribution is 0.421. The van der Waals surface area contributed by atoms with Gasteiger partial charge in [0.2, 0.25) is 10.0 Å². The zero-order chi connectivity index (χ0) is 12.8. The highest BCUT2D eigenvalue weighted by Gasteiger charge is 2.34. The Morgan fingerprint density at radius 3 is 2.29 bits per heavy atom. The predicted molar refractivity (Wildman–Crippen MR) is 67.9 cm³/mol. The lowest BCUT2D eigenvalue weighted by atomic mass is 9.94. The third kappa shape index (κ3) is 4.64. The Labute approximate surface area is 104 Å². The Bertz CT molecular complexity index is 362. The van der Waals surface area contributed by atoms with Crippen LogP contribution in [0.15, 0.2) is 0 Å². The molecule has 1 aliphatic carbocycles. The van der Waals surface area contributed by atoms with Crippen LogP contribution >= 0.6 is 0 Å². The maximum Gasteiger partial charge on any atom is 0.212 e. The van der Waals surface area contributed by atoms with Crippen LogP contribution in [0.1, 0.15) is 58.3 Å². The molecule has 4 nitrogen and oxygen atoms in total. The Morgan fingerprint density at radius 2 is 1.82 bits per heavy atom. The third-order valence-corrected chi connectivity index (χ3v) is 4.82. The molecule has 17 heavy (non-hydrogen) atoms. The van der Waals surface area contributed by atoms with Crippen LogP contribution in [0.5, 0.6) is 0 Å². The Balaban J connectivity index is 2.71. The summed E-state index contributed by atoms with van der Waals surface area (Å²) >= 11 is 0. The van der Waals surface area contributed by atoms with Gasteiger partial charge in [0.05, 0.1) is 11.8 Å². The van der Waals surface area contributed by atoms with Crippen LogP contribution < -0.4 is 4.72 Å². The smallest absolute Gasteiger partial charge is 0.212 e. The summed E-state index contributed by atoms with van der Waals surface area (Å²) in [5, 5.41) is 9.28. The van der Waals surface area contributed by atoms with E-state index in [0.29, 0.717) is 19.3 Å². The topological polar surface area (TPSA) is 70.0 Å². The van der Waals surface area contributed by atoms with E-state index in [-0.39, 0.29) is 5.75 Å². The molecule has 0 atom stereocenters. The van der Waals surface area contributed by atoms with Crippen LogP contribution in [0.3, 0.4) is 0 Å². The normalized spacial score (nSPS) is 20.5. The molecule has 1 fully saturated rings. The van der Waals surface area contributed by atoms with Gasteiger partial charge >= 0.3 is 0 Å². The van der Waals surface area contributed by atoms with Crippen LogP contribution in [-0.2, 0) is 10.0 Å². The Kier molecular flexibility index (Phi) is 5.41. The molecule has 0 aromatic heterocycles. The van der Waals surface area contributed by atoms with Crippen molar-refractivity contribution in [1.29, 1.82) is 5.26 Å². The molecule has 1 N–H and O–H groups in total. The van der Waals surface area contributed by atoms with Crippen molar-refractivity contribution in [3.63, 3.8) is 0 Å². The molecule has 0 unspecified atom stereocenters. The molecule has 0 amide bonds. The van der Waals surface area contributed by atoms with E-state index in [1.54, 1.807) is 0 Å². The number of nitrogens with one attached hydrogen (secondary N) is 1. The minimum Gasteiger partial charge on any atom is -0.212 e. The molecule has 0 saturated heterocycles. The average molecular weight is 258 g/mol. The van der Waals surface area contributed by atoms with Crippen molar-refractivity contribution in [3.8, 4) is 6.07 Å². The number of hydrogen-bond donors (Lipinski definition) is 1. The Morgan fingerprint density at radius 1 is 1.24 bits per heavy atom. The minimum atomic E-state index is -3.30. The molecule has 1 rings (SSSR count). The summed E-state index contributed by atoms with van der Waals surface area (Å²) in [6, 6.07) is 2.20. The molecular weight excluding hydrogens is 236 g/mol. The third-order valence-electron chi connectivity index (χ3n) is 3.29. The number of sulfonamides is 1. The predicted octanol–water partition coefficient (Wildman–Crippen LogP) is 2.32. The highest BCUT2D eigenvalue weighted by Crippen LogP contribution is 2.27. The molecule has 0 spiro atoms. The molecule has 0 heterocycles. The molecule has 0 aromatic carbocycles. The van der Waals surface area contributed by atoms with Gasteiger partial charge in [0.25, 0.3) is 0 Å². The summed E-state index contributed by atoms with van der Waals surface area (Å²) in [7, 11) is -3.30. The van der Waals surface area contributed by atoms with Gasteiger partial charge in [-0.3, -0.25) is 0 Å². The number of rotatable bonds is 5. The van der Waals surface area contributed by atoms with E-state index in [2.05, 4.69) is 10.8 Å². The van der Waals surface area contributed by atoms with Gasteiger partial charge < -0.3 is 0 Å². The summed E-state index contributed by atoms with van der Waals surface area (Å²) in [5.41, 5.74) is -0.844. The van der Waals surface area contributed by atoms with Crippen molar-refractivity contribution < 1.29 is 8.42 Å². The average Bonchev–Trinajstić information content (AvgIpc) is 2.52. The fraction of sp³-hybridized carbons (Fsp3) is 0.917. The van der Waals surface area contributed by atoms with E-state index >= 15 is 0 Å². The first-order valence-electron chi connectivity index (χ1n) is 6.46. The van der Waals surface area contributed by atoms with Crippen LogP contribution in [0.25, 0.3) is 0 Å². The standard InChI is InChI=1S/C12H22N2O2S/c1-2-3-10-17(15,16)14-12(11-13)8-6-4-5-7-9-12/h14H,2-10H2,1H3. The summed E-state index contributed by atoms with van der Waals surface area (Å²) < 4.78 is 26.4. The number of hydrogen-bond acceptors (Lipinski definition) is 3. The highest BCUT2D eigenvalue weighted by molar-refractivity contribution is 7.89. The molecule has 98 valence electrons. The maximum absolute atomic E-state index is 11.9. The monoisotopic (exact) mass is 258 g/mol. The van der Waals surface area contributed by atoms with Crippen LogP contribution in [0, 0.1) is 11.3 Å². The van der Waals surface area contributed by atoms with E-state index < -0.39 is 15.6 Å². The van der Waals surface area contributed by atoms with Crippen molar-refractivity contribution in [1.82, 2.24) is 4.72 Å². The maximum atomic E-state index is 11.9. The van der Waals surface area contributed by atoms with E-state index in [4.69, 9.17) is 0 Å². The zero-order valence-corrected chi connectivity index (χ0v) is 11.4. The molecule has 0 radical (unpaired) electrons. The van der Waals surface area contributed by atoms with Crippen molar-refractivity contribution >= 4 is 10.0 Å². The second-order valence-electron chi connectivity index (χ2n) is 4.88. The SMILES string of the molecule is CCCCS(=O)(=O)NC1(C#N)CCCCCC1. The summed E-state index contributed by atoms with van der Waals surface area (Å²) in [6.07, 6.45) is 6.86. The lowest BCUT2D eigenvalue weighted by Gasteiger charge is -2.25. The van der Waals surface area contributed by atoms with Crippen molar-refractivity contribution in [2.75, 3.05) is 5.75 Å². The van der Waals surface area contributed by atoms with Crippen LogP contribution in [-0.4, -0.2) is 19.7 Å². The molecular formula is C12H22N2O2S. The van der Waals surface area contributed by atoms with Gasteiger partial charge in [0.1, 0.15) is 5.54 Å². The van der Waals surface area contributed by atoms with Gasteiger partial charge in [-0.05, 0) is 19.3 Å². The highest BCUT2D eigenvalue weighted by atomic mass is 32.2. The van der Waals surface area contributed by atoms with Crippen molar-refractivity contribution in [2.24, 2.45) is 0 Å². The summed E-state index contributed by atoms with van der Waals surface area (Å²) in [6.45, 7) is 1.96. The summed E-state index contributed by atoms with van der Waals surface area (Å²) in [4.78, 5) is 0. The molecule has 1 aliphatic rings. The first-order chi connectivity index (χ1) is 8.04. The molecule has 1 saturated carbocycles. The number of nitrogens with zero attached hydrogens (tertiary/aromatic N) is 1. The largest absolute Gasteiger partial charge is 0.212 e. The van der Waals surface area contributed by atoms with Crippen molar-refractivity contribution in [3.05, 3.63) is 0 Å². The fourth-order valence-corrected chi connectivity index (χ4v) is 3.87. The van der Waals surface area contributed by atoms with Crippen LogP contribution in [0.2, 0.25) is 0 Å². The Hall–Kier alpha value is -0.600. The quantitative estimate of drug-likeness (QED) is 0.769. The van der Waals surface area contributed by atoms with Crippen molar-refractivity contribution in [2.45, 2.75) is 63.8 Å². The second kappa shape index (κ2) is 6.36. The van der Waals surface area contributed by atoms with E-state index in [9.17, 15) is 13.7 Å². The van der Waals surface area contributed by atoms with Gasteiger partial charge in [-0.25, -0.2) is 8.42 Å². The first kappa shape index (κ1) is 14.5. The fourth-order valence-electron chi connectivity index (χ4n) is 2.25. The zero-order valence-electron chi connectivity index (χ0n) is 10.5.